The molecule has 3 aromatic rings. The van der Waals surface area contributed by atoms with Gasteiger partial charge in [0.15, 0.2) is 0 Å². The summed E-state index contributed by atoms with van der Waals surface area (Å²) in [5.74, 6) is 0. The Kier molecular flexibility index (Phi) is 2.97. The first-order valence-corrected chi connectivity index (χ1v) is 6.63. The van der Waals surface area contributed by atoms with Crippen LogP contribution >= 0.6 is 34.8 Å². The van der Waals surface area contributed by atoms with Crippen molar-refractivity contribution in [2.45, 2.75) is 3.79 Å². The van der Waals surface area contributed by atoms with Crippen LogP contribution in [0.2, 0.25) is 0 Å². The molecule has 0 spiro atoms. The van der Waals surface area contributed by atoms with E-state index in [0.29, 0.717) is 27.5 Å². The quantitative estimate of drug-likeness (QED) is 0.442. The average molecular weight is 314 g/mol. The van der Waals surface area contributed by atoms with Gasteiger partial charge in [-0.3, -0.25) is 4.79 Å². The Balaban J connectivity index is 2.57. The number of benzene rings is 2. The third-order valence-electron chi connectivity index (χ3n) is 2.91. The number of alkyl halides is 3. The number of rotatable bonds is 0. The Morgan fingerprint density at radius 1 is 0.895 bits per heavy atom. The highest BCUT2D eigenvalue weighted by atomic mass is 35.6. The van der Waals surface area contributed by atoms with Gasteiger partial charge in [0.2, 0.25) is 9.22 Å². The van der Waals surface area contributed by atoms with Crippen molar-refractivity contribution in [3.63, 3.8) is 0 Å². The lowest BCUT2D eigenvalue weighted by molar-refractivity contribution is 0.659. The molecule has 96 valence electrons. The molecule has 2 nitrogen and oxygen atoms in total. The summed E-state index contributed by atoms with van der Waals surface area (Å²) >= 11 is 17.7. The molecule has 2 aromatic carbocycles. The number of halogens is 3. The van der Waals surface area contributed by atoms with Crippen LogP contribution in [0.1, 0.15) is 5.56 Å². The Morgan fingerprint density at radius 3 is 2.32 bits per heavy atom. The Labute approximate surface area is 123 Å². The van der Waals surface area contributed by atoms with Crippen molar-refractivity contribution in [1.29, 1.82) is 0 Å². The van der Waals surface area contributed by atoms with Gasteiger partial charge in [0.1, 0.15) is 11.2 Å². The van der Waals surface area contributed by atoms with E-state index < -0.39 is 3.79 Å². The topological polar surface area (TPSA) is 30.2 Å². The monoisotopic (exact) mass is 312 g/mol. The van der Waals surface area contributed by atoms with E-state index in [0.717, 1.165) is 0 Å². The van der Waals surface area contributed by atoms with Crippen LogP contribution in [0.15, 0.2) is 51.7 Å². The van der Waals surface area contributed by atoms with Gasteiger partial charge < -0.3 is 4.42 Å². The lowest BCUT2D eigenvalue weighted by atomic mass is 10.1. The van der Waals surface area contributed by atoms with E-state index in [1.807, 2.05) is 0 Å². The summed E-state index contributed by atoms with van der Waals surface area (Å²) in [6, 6.07) is 12.0. The largest absolute Gasteiger partial charge is 0.456 e. The van der Waals surface area contributed by atoms with Crippen LogP contribution in [0.25, 0.3) is 21.9 Å². The Morgan fingerprint density at radius 2 is 1.58 bits per heavy atom. The summed E-state index contributed by atoms with van der Waals surface area (Å²) < 4.78 is 4.02. The van der Waals surface area contributed by atoms with Gasteiger partial charge in [-0.25, -0.2) is 0 Å². The molecular formula is C14H7Cl3O2. The maximum Gasteiger partial charge on any atom is 0.216 e. The predicted molar refractivity (Wildman–Crippen MR) is 79.2 cm³/mol. The van der Waals surface area contributed by atoms with Crippen molar-refractivity contribution in [2.75, 3.05) is 0 Å². The number of fused-ring (bicyclic) bond motifs is 2. The third kappa shape index (κ3) is 2.10. The maximum absolute atomic E-state index is 12.5. The molecule has 0 aliphatic heterocycles. The molecule has 0 radical (unpaired) electrons. The lowest BCUT2D eigenvalue weighted by Crippen LogP contribution is -2.10. The minimum absolute atomic E-state index is 0.196. The molecule has 0 saturated carbocycles. The van der Waals surface area contributed by atoms with E-state index in [9.17, 15) is 4.79 Å². The number of hydrogen-bond donors (Lipinski definition) is 0. The van der Waals surface area contributed by atoms with Crippen molar-refractivity contribution < 1.29 is 4.42 Å². The molecule has 5 heteroatoms. The highest BCUT2D eigenvalue weighted by Gasteiger charge is 2.27. The second-order valence-electron chi connectivity index (χ2n) is 4.10. The molecule has 0 atom stereocenters. The van der Waals surface area contributed by atoms with E-state index in [2.05, 4.69) is 0 Å². The van der Waals surface area contributed by atoms with Crippen molar-refractivity contribution >= 4 is 56.7 Å². The van der Waals surface area contributed by atoms with Gasteiger partial charge in [-0.2, -0.15) is 0 Å². The van der Waals surface area contributed by atoms with Crippen LogP contribution in [0.5, 0.6) is 0 Å². The Hall–Kier alpha value is -1.22. The summed E-state index contributed by atoms with van der Waals surface area (Å²) in [4.78, 5) is 12.5. The first-order chi connectivity index (χ1) is 8.98. The van der Waals surface area contributed by atoms with E-state index in [1.54, 1.807) is 42.5 Å². The SMILES string of the molecule is O=c1c2ccccc2oc2cccc(C(Cl)(Cl)Cl)c12. The molecule has 0 aliphatic rings. The molecule has 0 amide bonds. The summed E-state index contributed by atoms with van der Waals surface area (Å²) in [5.41, 5.74) is 1.06. The van der Waals surface area contributed by atoms with Gasteiger partial charge in [-0.05, 0) is 18.2 Å². The summed E-state index contributed by atoms with van der Waals surface area (Å²) in [6.07, 6.45) is 0. The Bertz CT molecular complexity index is 831. The van der Waals surface area contributed by atoms with Gasteiger partial charge in [-0.1, -0.05) is 59.1 Å². The molecule has 0 N–H and O–H groups in total. The zero-order valence-corrected chi connectivity index (χ0v) is 11.8. The van der Waals surface area contributed by atoms with E-state index in [4.69, 9.17) is 39.2 Å². The average Bonchev–Trinajstić information content (AvgIpc) is 2.37. The fraction of sp³-hybridized carbons (Fsp3) is 0.0714. The fourth-order valence-electron chi connectivity index (χ4n) is 2.08. The molecule has 0 fully saturated rings. The van der Waals surface area contributed by atoms with Crippen LogP contribution in [0.3, 0.4) is 0 Å². The molecule has 3 rings (SSSR count). The number of hydrogen-bond acceptors (Lipinski definition) is 2. The highest BCUT2D eigenvalue weighted by Crippen LogP contribution is 2.41. The van der Waals surface area contributed by atoms with Crippen LogP contribution in [-0.4, -0.2) is 0 Å². The van der Waals surface area contributed by atoms with Gasteiger partial charge in [0, 0.05) is 5.56 Å². The predicted octanol–water partition coefficient (Wildman–Crippen LogP) is 4.77. The van der Waals surface area contributed by atoms with Gasteiger partial charge in [0.05, 0.1) is 10.8 Å². The van der Waals surface area contributed by atoms with Crippen molar-refractivity contribution in [3.05, 3.63) is 58.3 Å². The summed E-state index contributed by atoms with van der Waals surface area (Å²) in [5, 5.41) is 0.776. The van der Waals surface area contributed by atoms with E-state index >= 15 is 0 Å². The molecule has 0 unspecified atom stereocenters. The highest BCUT2D eigenvalue weighted by molar-refractivity contribution is 6.67. The molecule has 19 heavy (non-hydrogen) atoms. The standard InChI is InChI=1S/C14H7Cl3O2/c15-14(16,17)9-5-3-7-11-12(9)13(18)8-4-1-2-6-10(8)19-11/h1-7H. The van der Waals surface area contributed by atoms with Crippen LogP contribution in [0, 0.1) is 0 Å². The number of para-hydroxylation sites is 1. The zero-order valence-electron chi connectivity index (χ0n) is 9.49. The lowest BCUT2D eigenvalue weighted by Gasteiger charge is -2.13. The minimum atomic E-state index is -1.67. The molecule has 0 aliphatic carbocycles. The van der Waals surface area contributed by atoms with Crippen LogP contribution in [0.4, 0.5) is 0 Å². The smallest absolute Gasteiger partial charge is 0.216 e. The third-order valence-corrected chi connectivity index (χ3v) is 3.52. The van der Waals surface area contributed by atoms with Gasteiger partial charge in [-0.15, -0.1) is 0 Å². The fourth-order valence-corrected chi connectivity index (χ4v) is 2.56. The summed E-state index contributed by atoms with van der Waals surface area (Å²) in [7, 11) is 0. The van der Waals surface area contributed by atoms with Crippen molar-refractivity contribution in [1.82, 2.24) is 0 Å². The van der Waals surface area contributed by atoms with Crippen LogP contribution in [-0.2, 0) is 3.79 Å². The normalized spacial score (nSPS) is 12.2. The summed E-state index contributed by atoms with van der Waals surface area (Å²) in [6.45, 7) is 0. The van der Waals surface area contributed by atoms with Crippen molar-refractivity contribution in [2.24, 2.45) is 0 Å². The van der Waals surface area contributed by atoms with Gasteiger partial charge in [0.25, 0.3) is 0 Å². The molecule has 1 aromatic heterocycles. The van der Waals surface area contributed by atoms with Gasteiger partial charge >= 0.3 is 0 Å². The molecular weight excluding hydrogens is 307 g/mol. The maximum atomic E-state index is 12.5. The first-order valence-electron chi connectivity index (χ1n) is 5.50. The van der Waals surface area contributed by atoms with E-state index in [-0.39, 0.29) is 5.43 Å². The second kappa shape index (κ2) is 4.41. The first kappa shape index (κ1) is 12.8. The molecule has 0 saturated heterocycles. The molecule has 0 bridgehead atoms. The minimum Gasteiger partial charge on any atom is -0.456 e. The second-order valence-corrected chi connectivity index (χ2v) is 6.39. The van der Waals surface area contributed by atoms with E-state index in [1.165, 1.54) is 0 Å². The zero-order chi connectivity index (χ0) is 13.6. The molecule has 1 heterocycles. The van der Waals surface area contributed by atoms with Crippen LogP contribution < -0.4 is 5.43 Å². The van der Waals surface area contributed by atoms with Crippen molar-refractivity contribution in [3.8, 4) is 0 Å².